The average Bonchev–Trinajstić information content (AvgIpc) is 3.15. The monoisotopic (exact) mass is 391 g/mol. The van der Waals surface area contributed by atoms with E-state index in [0.29, 0.717) is 22.6 Å². The third-order valence-electron chi connectivity index (χ3n) is 3.79. The summed E-state index contributed by atoms with van der Waals surface area (Å²) in [5.74, 6) is -0.864. The molecule has 0 unspecified atom stereocenters. The van der Waals surface area contributed by atoms with Gasteiger partial charge in [-0.25, -0.2) is 13.4 Å². The van der Waals surface area contributed by atoms with Crippen molar-refractivity contribution in [3.05, 3.63) is 54.2 Å². The van der Waals surface area contributed by atoms with Crippen molar-refractivity contribution < 1.29 is 21.6 Å². The highest BCUT2D eigenvalue weighted by atomic mass is 32.2. The molecule has 1 aliphatic heterocycles. The van der Waals surface area contributed by atoms with Crippen molar-refractivity contribution in [1.82, 2.24) is 15.2 Å². The number of hydrogen-bond donors (Lipinski definition) is 0. The van der Waals surface area contributed by atoms with Gasteiger partial charge in [-0.1, -0.05) is 12.1 Å². The minimum absolute atomic E-state index is 0.0161. The van der Waals surface area contributed by atoms with Gasteiger partial charge in [0.2, 0.25) is 5.89 Å². The SMILES string of the molecule is O=S1(=O)C=Nc2ccccc2N1Cc1ccc(-c2nnc(C(F)F)o2)cn1. The highest BCUT2D eigenvalue weighted by Crippen LogP contribution is 2.34. The first-order valence-electron chi connectivity index (χ1n) is 7.67. The number of aliphatic imine (C=N–C) groups is 1. The second-order valence-electron chi connectivity index (χ2n) is 5.56. The molecule has 1 aliphatic rings. The predicted molar refractivity (Wildman–Crippen MR) is 92.2 cm³/mol. The lowest BCUT2D eigenvalue weighted by Gasteiger charge is -2.26. The van der Waals surface area contributed by atoms with E-state index in [0.717, 1.165) is 5.55 Å². The van der Waals surface area contributed by atoms with E-state index in [1.54, 1.807) is 36.4 Å². The third-order valence-corrected chi connectivity index (χ3v) is 5.10. The minimum atomic E-state index is -3.73. The molecule has 0 bridgehead atoms. The number of para-hydroxylation sites is 2. The lowest BCUT2D eigenvalue weighted by Crippen LogP contribution is -2.33. The molecule has 0 atom stereocenters. The van der Waals surface area contributed by atoms with Crippen LogP contribution in [-0.2, 0) is 16.6 Å². The molecule has 0 N–H and O–H groups in total. The quantitative estimate of drug-likeness (QED) is 0.677. The molecule has 3 aromatic rings. The van der Waals surface area contributed by atoms with Crippen LogP contribution < -0.4 is 4.31 Å². The number of anilines is 1. The number of halogens is 2. The van der Waals surface area contributed by atoms with Crippen LogP contribution in [-0.4, -0.2) is 29.1 Å². The standard InChI is InChI=1S/C16H11F2N5O3S/c17-14(18)16-22-21-15(26-16)10-5-6-11(19-7-10)8-23-13-4-2-1-3-12(13)20-9-27(23,24)25/h1-7,9,14H,8H2. The van der Waals surface area contributed by atoms with Crippen molar-refractivity contribution in [2.24, 2.45) is 4.99 Å². The Morgan fingerprint density at radius 1 is 1.11 bits per heavy atom. The van der Waals surface area contributed by atoms with Crippen LogP contribution in [0, 0.1) is 0 Å². The number of hydrogen-bond acceptors (Lipinski definition) is 7. The fourth-order valence-corrected chi connectivity index (χ4v) is 3.61. The molecular formula is C16H11F2N5O3S. The van der Waals surface area contributed by atoms with Gasteiger partial charge in [-0.2, -0.15) is 8.78 Å². The number of alkyl halides is 2. The molecule has 27 heavy (non-hydrogen) atoms. The number of fused-ring (bicyclic) bond motifs is 1. The summed E-state index contributed by atoms with van der Waals surface area (Å²) in [6, 6.07) is 9.95. The third kappa shape index (κ3) is 3.28. The summed E-state index contributed by atoms with van der Waals surface area (Å²) >= 11 is 0. The topological polar surface area (TPSA) is 102 Å². The van der Waals surface area contributed by atoms with E-state index in [1.165, 1.54) is 10.5 Å². The van der Waals surface area contributed by atoms with Gasteiger partial charge in [-0.05, 0) is 24.3 Å². The van der Waals surface area contributed by atoms with Crippen LogP contribution in [0.15, 0.2) is 52.0 Å². The summed E-state index contributed by atoms with van der Waals surface area (Å²) < 4.78 is 55.8. The van der Waals surface area contributed by atoms with Crippen molar-refractivity contribution >= 4 is 26.9 Å². The Balaban J connectivity index is 1.60. The van der Waals surface area contributed by atoms with Crippen LogP contribution in [0.5, 0.6) is 0 Å². The van der Waals surface area contributed by atoms with Crippen LogP contribution in [0.4, 0.5) is 20.2 Å². The maximum atomic E-state index is 12.5. The van der Waals surface area contributed by atoms with Crippen LogP contribution in [0.1, 0.15) is 18.0 Å². The van der Waals surface area contributed by atoms with Crippen molar-refractivity contribution in [3.63, 3.8) is 0 Å². The number of nitrogens with zero attached hydrogens (tertiary/aromatic N) is 5. The zero-order chi connectivity index (χ0) is 19.0. The second-order valence-corrected chi connectivity index (χ2v) is 7.24. The molecule has 0 spiro atoms. The molecule has 0 fully saturated rings. The Morgan fingerprint density at radius 2 is 1.93 bits per heavy atom. The van der Waals surface area contributed by atoms with Gasteiger partial charge in [0.1, 0.15) is 5.55 Å². The number of benzene rings is 1. The fraction of sp³-hybridized carbons (Fsp3) is 0.125. The van der Waals surface area contributed by atoms with E-state index in [2.05, 4.69) is 20.2 Å². The maximum Gasteiger partial charge on any atom is 0.314 e. The molecule has 0 saturated heterocycles. The summed E-state index contributed by atoms with van der Waals surface area (Å²) in [6.45, 7) is -0.0161. The van der Waals surface area contributed by atoms with E-state index < -0.39 is 22.3 Å². The Labute approximate surface area is 152 Å². The Hall–Kier alpha value is -3.21. The Morgan fingerprint density at radius 3 is 2.63 bits per heavy atom. The van der Waals surface area contributed by atoms with E-state index in [4.69, 9.17) is 4.42 Å². The van der Waals surface area contributed by atoms with Crippen LogP contribution in [0.3, 0.4) is 0 Å². The van der Waals surface area contributed by atoms with Crippen LogP contribution in [0.2, 0.25) is 0 Å². The highest BCUT2D eigenvalue weighted by Gasteiger charge is 2.27. The van der Waals surface area contributed by atoms with Gasteiger partial charge in [0.15, 0.2) is 0 Å². The summed E-state index contributed by atoms with van der Waals surface area (Å²) in [5.41, 5.74) is 2.68. The maximum absolute atomic E-state index is 12.5. The van der Waals surface area contributed by atoms with E-state index in [9.17, 15) is 17.2 Å². The first kappa shape index (κ1) is 17.2. The molecule has 8 nitrogen and oxygen atoms in total. The molecule has 1 aromatic carbocycles. The fourth-order valence-electron chi connectivity index (χ4n) is 2.51. The number of rotatable bonds is 4. The molecule has 138 valence electrons. The molecule has 11 heteroatoms. The highest BCUT2D eigenvalue weighted by molar-refractivity contribution is 8.05. The summed E-state index contributed by atoms with van der Waals surface area (Å²) in [4.78, 5) is 8.12. The average molecular weight is 391 g/mol. The molecule has 0 aliphatic carbocycles. The van der Waals surface area contributed by atoms with Gasteiger partial charge in [0, 0.05) is 6.20 Å². The molecule has 2 aromatic heterocycles. The molecule has 0 amide bonds. The first-order chi connectivity index (χ1) is 12.9. The second kappa shape index (κ2) is 6.50. The largest absolute Gasteiger partial charge is 0.415 e. The summed E-state index contributed by atoms with van der Waals surface area (Å²) in [7, 11) is -3.73. The van der Waals surface area contributed by atoms with Crippen LogP contribution >= 0.6 is 0 Å². The summed E-state index contributed by atoms with van der Waals surface area (Å²) in [6.07, 6.45) is -1.50. The zero-order valence-corrected chi connectivity index (χ0v) is 14.3. The Bertz CT molecular complexity index is 1110. The molecule has 4 rings (SSSR count). The van der Waals surface area contributed by atoms with Gasteiger partial charge < -0.3 is 4.42 Å². The van der Waals surface area contributed by atoms with Gasteiger partial charge in [0.05, 0.1) is 29.2 Å². The number of sulfonamides is 1. The van der Waals surface area contributed by atoms with Gasteiger partial charge >= 0.3 is 6.43 Å². The van der Waals surface area contributed by atoms with E-state index >= 15 is 0 Å². The van der Waals surface area contributed by atoms with E-state index in [1.807, 2.05) is 0 Å². The Kier molecular flexibility index (Phi) is 4.15. The lowest BCUT2D eigenvalue weighted by atomic mass is 10.2. The zero-order valence-electron chi connectivity index (χ0n) is 13.5. The number of aromatic nitrogens is 3. The lowest BCUT2D eigenvalue weighted by molar-refractivity contribution is 0.116. The van der Waals surface area contributed by atoms with Crippen molar-refractivity contribution in [1.29, 1.82) is 0 Å². The number of pyridine rings is 1. The van der Waals surface area contributed by atoms with Crippen molar-refractivity contribution in [2.75, 3.05) is 4.31 Å². The van der Waals surface area contributed by atoms with E-state index in [-0.39, 0.29) is 12.4 Å². The van der Waals surface area contributed by atoms with Crippen molar-refractivity contribution in [2.45, 2.75) is 13.0 Å². The van der Waals surface area contributed by atoms with Crippen LogP contribution in [0.25, 0.3) is 11.5 Å². The first-order valence-corrected chi connectivity index (χ1v) is 9.17. The van der Waals surface area contributed by atoms with Gasteiger partial charge in [-0.3, -0.25) is 9.29 Å². The summed E-state index contributed by atoms with van der Waals surface area (Å²) in [5, 5.41) is 6.80. The molecule has 3 heterocycles. The normalized spacial score (nSPS) is 15.1. The minimum Gasteiger partial charge on any atom is -0.415 e. The molecule has 0 saturated carbocycles. The van der Waals surface area contributed by atoms with Gasteiger partial charge in [-0.15, -0.1) is 10.2 Å². The van der Waals surface area contributed by atoms with Gasteiger partial charge in [0.25, 0.3) is 15.9 Å². The molecular weight excluding hydrogens is 380 g/mol. The predicted octanol–water partition coefficient (Wildman–Crippen LogP) is 3.08. The molecule has 0 radical (unpaired) electrons. The van der Waals surface area contributed by atoms with Crippen molar-refractivity contribution in [3.8, 4) is 11.5 Å². The smallest absolute Gasteiger partial charge is 0.314 e.